The molecule has 0 aliphatic heterocycles. The zero-order valence-corrected chi connectivity index (χ0v) is 12.7. The first-order chi connectivity index (χ1) is 9.49. The van der Waals surface area contributed by atoms with Gasteiger partial charge in [-0.3, -0.25) is 0 Å². The van der Waals surface area contributed by atoms with Gasteiger partial charge < -0.3 is 15.8 Å². The lowest BCUT2D eigenvalue weighted by Gasteiger charge is -2.12. The number of ether oxygens (including phenoxy) is 1. The molecule has 0 unspecified atom stereocenters. The number of benzene rings is 1. The number of rotatable bonds is 4. The summed E-state index contributed by atoms with van der Waals surface area (Å²) in [6.07, 6.45) is 0. The molecule has 0 radical (unpaired) electrons. The third-order valence-electron chi connectivity index (χ3n) is 2.66. The van der Waals surface area contributed by atoms with Gasteiger partial charge in [0.05, 0.1) is 12.8 Å². The van der Waals surface area contributed by atoms with E-state index in [1.165, 1.54) is 0 Å². The molecule has 0 atom stereocenters. The molecule has 20 heavy (non-hydrogen) atoms. The number of aryl methyl sites for hydroxylation is 1. The Balaban J connectivity index is 2.39. The third kappa shape index (κ3) is 3.37. The van der Waals surface area contributed by atoms with Crippen LogP contribution in [0.5, 0.6) is 5.75 Å². The second-order valence-corrected chi connectivity index (χ2v) is 5.09. The minimum Gasteiger partial charge on any atom is -0.495 e. The van der Waals surface area contributed by atoms with E-state index in [1.807, 2.05) is 13.0 Å². The molecule has 1 aromatic heterocycles. The zero-order valence-electron chi connectivity index (χ0n) is 11.1. The largest absolute Gasteiger partial charge is 0.495 e. The molecule has 4 nitrogen and oxygen atoms in total. The number of pyridine rings is 1. The summed E-state index contributed by atoms with van der Waals surface area (Å²) in [5, 5.41) is 3.77. The van der Waals surface area contributed by atoms with Crippen LogP contribution in [-0.2, 0) is 0 Å². The lowest BCUT2D eigenvalue weighted by atomic mass is 10.2. The van der Waals surface area contributed by atoms with Crippen molar-refractivity contribution in [1.29, 1.82) is 0 Å². The SMILES string of the molecule is COc1ccc(Cl)cc1Nc1cc(C(N)=S)cc(C)n1. The van der Waals surface area contributed by atoms with Gasteiger partial charge in [-0.25, -0.2) is 4.98 Å². The second-order valence-electron chi connectivity index (χ2n) is 4.22. The van der Waals surface area contributed by atoms with E-state index >= 15 is 0 Å². The van der Waals surface area contributed by atoms with Crippen molar-refractivity contribution in [2.75, 3.05) is 12.4 Å². The minimum atomic E-state index is 0.330. The van der Waals surface area contributed by atoms with Crippen LogP contribution >= 0.6 is 23.8 Å². The molecule has 0 spiro atoms. The molecular weight excluding hydrogens is 294 g/mol. The highest BCUT2D eigenvalue weighted by Gasteiger charge is 2.07. The molecule has 0 aliphatic rings. The van der Waals surface area contributed by atoms with Crippen LogP contribution in [0, 0.1) is 6.92 Å². The standard InChI is InChI=1S/C14H14ClN3OS/c1-8-5-9(14(16)20)6-13(17-8)18-11-7-10(15)3-4-12(11)19-2/h3-7H,1-2H3,(H2,16,20)(H,17,18). The lowest BCUT2D eigenvalue weighted by Crippen LogP contribution is -2.11. The summed E-state index contributed by atoms with van der Waals surface area (Å²) in [7, 11) is 1.60. The van der Waals surface area contributed by atoms with Crippen LogP contribution < -0.4 is 15.8 Å². The van der Waals surface area contributed by atoms with Gasteiger partial charge in [0.15, 0.2) is 0 Å². The van der Waals surface area contributed by atoms with Crippen LogP contribution in [-0.4, -0.2) is 17.1 Å². The Morgan fingerprint density at radius 2 is 2.10 bits per heavy atom. The summed E-state index contributed by atoms with van der Waals surface area (Å²) in [5.74, 6) is 1.31. The number of nitrogens with zero attached hydrogens (tertiary/aromatic N) is 1. The van der Waals surface area contributed by atoms with E-state index in [9.17, 15) is 0 Å². The summed E-state index contributed by atoms with van der Waals surface area (Å²) >= 11 is 11.0. The third-order valence-corrected chi connectivity index (χ3v) is 3.13. The highest BCUT2D eigenvalue weighted by Crippen LogP contribution is 2.30. The molecule has 2 aromatic rings. The lowest BCUT2D eigenvalue weighted by molar-refractivity contribution is 0.417. The average molecular weight is 308 g/mol. The van der Waals surface area contributed by atoms with Crippen molar-refractivity contribution < 1.29 is 4.74 Å². The van der Waals surface area contributed by atoms with E-state index in [0.717, 1.165) is 16.9 Å². The number of aromatic nitrogens is 1. The number of nitrogens with two attached hydrogens (primary N) is 1. The molecule has 0 saturated heterocycles. The van der Waals surface area contributed by atoms with Gasteiger partial charge in [-0.05, 0) is 37.3 Å². The minimum absolute atomic E-state index is 0.330. The number of nitrogens with one attached hydrogen (secondary N) is 1. The topological polar surface area (TPSA) is 60.2 Å². The van der Waals surface area contributed by atoms with Crippen molar-refractivity contribution >= 4 is 40.3 Å². The molecule has 1 heterocycles. The average Bonchev–Trinajstić information content (AvgIpc) is 2.38. The summed E-state index contributed by atoms with van der Waals surface area (Å²) < 4.78 is 5.28. The van der Waals surface area contributed by atoms with E-state index in [4.69, 9.17) is 34.3 Å². The van der Waals surface area contributed by atoms with Crippen LogP contribution in [0.25, 0.3) is 0 Å². The van der Waals surface area contributed by atoms with E-state index in [-0.39, 0.29) is 0 Å². The van der Waals surface area contributed by atoms with Crippen molar-refractivity contribution in [3.63, 3.8) is 0 Å². The van der Waals surface area contributed by atoms with E-state index in [0.29, 0.717) is 21.6 Å². The van der Waals surface area contributed by atoms with Gasteiger partial charge in [-0.2, -0.15) is 0 Å². The second kappa shape index (κ2) is 6.07. The predicted octanol–water partition coefficient (Wildman–Crippen LogP) is 3.43. The molecule has 1 aromatic carbocycles. The molecule has 2 rings (SSSR count). The maximum absolute atomic E-state index is 6.00. The van der Waals surface area contributed by atoms with Crippen LogP contribution in [0.4, 0.5) is 11.5 Å². The number of anilines is 2. The van der Waals surface area contributed by atoms with E-state index in [1.54, 1.807) is 31.4 Å². The van der Waals surface area contributed by atoms with Crippen molar-refractivity contribution in [1.82, 2.24) is 4.98 Å². The summed E-state index contributed by atoms with van der Waals surface area (Å²) in [4.78, 5) is 4.72. The zero-order chi connectivity index (χ0) is 14.7. The van der Waals surface area contributed by atoms with Gasteiger partial charge in [-0.1, -0.05) is 23.8 Å². The highest BCUT2D eigenvalue weighted by atomic mass is 35.5. The van der Waals surface area contributed by atoms with E-state index in [2.05, 4.69) is 10.3 Å². The number of thiocarbonyl (C=S) groups is 1. The maximum Gasteiger partial charge on any atom is 0.142 e. The molecule has 6 heteroatoms. The van der Waals surface area contributed by atoms with Gasteiger partial charge in [-0.15, -0.1) is 0 Å². The Morgan fingerprint density at radius 1 is 1.35 bits per heavy atom. The van der Waals surface area contributed by atoms with Crippen LogP contribution in [0.3, 0.4) is 0 Å². The number of methoxy groups -OCH3 is 1. The Labute approximate surface area is 127 Å². The van der Waals surface area contributed by atoms with Crippen molar-refractivity contribution in [3.05, 3.63) is 46.6 Å². The Bertz CT molecular complexity index is 661. The first-order valence-electron chi connectivity index (χ1n) is 5.88. The number of hydrogen-bond donors (Lipinski definition) is 2. The Kier molecular flexibility index (Phi) is 4.42. The molecule has 104 valence electrons. The normalized spacial score (nSPS) is 10.2. The molecule has 0 fully saturated rings. The number of halogens is 1. The van der Waals surface area contributed by atoms with Crippen LogP contribution in [0.1, 0.15) is 11.3 Å². The van der Waals surface area contributed by atoms with Crippen molar-refractivity contribution in [3.8, 4) is 5.75 Å². The molecule has 0 bridgehead atoms. The quantitative estimate of drug-likeness (QED) is 0.847. The summed E-state index contributed by atoms with van der Waals surface area (Å²) in [6, 6.07) is 8.94. The van der Waals surface area contributed by atoms with Gasteiger partial charge in [0.25, 0.3) is 0 Å². The molecule has 0 saturated carbocycles. The van der Waals surface area contributed by atoms with E-state index < -0.39 is 0 Å². The summed E-state index contributed by atoms with van der Waals surface area (Å²) in [5.41, 5.74) is 7.96. The van der Waals surface area contributed by atoms with Gasteiger partial charge in [0.2, 0.25) is 0 Å². The van der Waals surface area contributed by atoms with Crippen molar-refractivity contribution in [2.24, 2.45) is 5.73 Å². The smallest absolute Gasteiger partial charge is 0.142 e. The number of hydrogen-bond acceptors (Lipinski definition) is 4. The van der Waals surface area contributed by atoms with Gasteiger partial charge >= 0.3 is 0 Å². The summed E-state index contributed by atoms with van der Waals surface area (Å²) in [6.45, 7) is 1.88. The van der Waals surface area contributed by atoms with Crippen LogP contribution in [0.15, 0.2) is 30.3 Å². The van der Waals surface area contributed by atoms with Crippen molar-refractivity contribution in [2.45, 2.75) is 6.92 Å². The Hall–Kier alpha value is -1.85. The fourth-order valence-electron chi connectivity index (χ4n) is 1.79. The van der Waals surface area contributed by atoms with Crippen LogP contribution in [0.2, 0.25) is 5.02 Å². The van der Waals surface area contributed by atoms with Gasteiger partial charge in [0.1, 0.15) is 16.6 Å². The van der Waals surface area contributed by atoms with Gasteiger partial charge in [0, 0.05) is 16.3 Å². The predicted molar refractivity (Wildman–Crippen MR) is 86.1 cm³/mol. The maximum atomic E-state index is 6.00. The first kappa shape index (κ1) is 14.6. The monoisotopic (exact) mass is 307 g/mol. The molecule has 3 N–H and O–H groups in total. The fraction of sp³-hybridized carbons (Fsp3) is 0.143. The molecule has 0 aliphatic carbocycles. The fourth-order valence-corrected chi connectivity index (χ4v) is 2.08. The Morgan fingerprint density at radius 3 is 2.75 bits per heavy atom. The highest BCUT2D eigenvalue weighted by molar-refractivity contribution is 7.80. The molecule has 0 amide bonds. The molecular formula is C14H14ClN3OS. The first-order valence-corrected chi connectivity index (χ1v) is 6.67.